The molecule has 2 aromatic carbocycles. The molecule has 34 heavy (non-hydrogen) atoms. The number of ether oxygens (including phenoxy) is 1. The van der Waals surface area contributed by atoms with Crippen LogP contribution < -0.4 is 10.1 Å². The van der Waals surface area contributed by atoms with Gasteiger partial charge in [0.25, 0.3) is 0 Å². The molecule has 0 spiro atoms. The number of rotatable bonds is 8. The first-order chi connectivity index (χ1) is 16.7. The average molecular weight is 478 g/mol. The van der Waals surface area contributed by atoms with Crippen molar-refractivity contribution in [2.24, 2.45) is 5.92 Å². The van der Waals surface area contributed by atoms with E-state index in [1.807, 2.05) is 36.5 Å². The van der Waals surface area contributed by atoms with Crippen LogP contribution in [0.25, 0.3) is 5.69 Å². The lowest BCUT2D eigenvalue weighted by Crippen LogP contribution is -2.18. The van der Waals surface area contributed by atoms with Gasteiger partial charge in [0.05, 0.1) is 18.5 Å². The molecule has 0 radical (unpaired) electrons. The maximum atomic E-state index is 11.6. The first kappa shape index (κ1) is 23.0. The molecule has 1 aliphatic carbocycles. The second kappa shape index (κ2) is 10.6. The molecule has 5 rings (SSSR count). The van der Waals surface area contributed by atoms with Gasteiger partial charge in [-0.25, -0.2) is 4.68 Å². The summed E-state index contributed by atoms with van der Waals surface area (Å²) in [6, 6.07) is 14.0. The van der Waals surface area contributed by atoms with Crippen LogP contribution in [0.1, 0.15) is 61.8 Å². The van der Waals surface area contributed by atoms with Crippen molar-refractivity contribution < 1.29 is 9.53 Å². The molecule has 0 saturated heterocycles. The van der Waals surface area contributed by atoms with Crippen LogP contribution in [0, 0.1) is 5.92 Å². The van der Waals surface area contributed by atoms with Gasteiger partial charge in [0.1, 0.15) is 5.75 Å². The van der Waals surface area contributed by atoms with Crippen molar-refractivity contribution in [3.05, 3.63) is 70.5 Å². The highest BCUT2D eigenvalue weighted by atomic mass is 35.5. The van der Waals surface area contributed by atoms with Crippen molar-refractivity contribution in [3.63, 3.8) is 0 Å². The normalized spacial score (nSPS) is 17.4. The lowest BCUT2D eigenvalue weighted by molar-refractivity contribution is -0.116. The predicted molar refractivity (Wildman–Crippen MR) is 136 cm³/mol. The summed E-state index contributed by atoms with van der Waals surface area (Å²) in [5.74, 6) is 1.70. The summed E-state index contributed by atoms with van der Waals surface area (Å²) >= 11 is 6.20. The van der Waals surface area contributed by atoms with Crippen LogP contribution in [0.5, 0.6) is 5.75 Å². The minimum atomic E-state index is 0.0908. The number of fused-ring (bicyclic) bond motifs is 2. The second-order valence-electron chi connectivity index (χ2n) is 9.52. The van der Waals surface area contributed by atoms with Gasteiger partial charge in [-0.2, -0.15) is 5.10 Å². The number of nitrogens with zero attached hydrogens (tertiary/aromatic N) is 2. The first-order valence-corrected chi connectivity index (χ1v) is 12.9. The van der Waals surface area contributed by atoms with Crippen molar-refractivity contribution in [1.29, 1.82) is 0 Å². The average Bonchev–Trinajstić information content (AvgIpc) is 3.14. The van der Waals surface area contributed by atoms with Crippen molar-refractivity contribution in [2.75, 3.05) is 11.9 Å². The summed E-state index contributed by atoms with van der Waals surface area (Å²) in [5, 5.41) is 8.34. The van der Waals surface area contributed by atoms with Crippen molar-refractivity contribution >= 4 is 23.2 Å². The summed E-state index contributed by atoms with van der Waals surface area (Å²) < 4.78 is 8.02. The fourth-order valence-corrected chi connectivity index (χ4v) is 5.37. The SMILES string of the molecule is O=C1CCc2ccc(OCCCCCC3CCc4cnn(-c5cccc(Cl)c5)c4CC3)cc2N1. The Morgan fingerprint density at radius 2 is 1.91 bits per heavy atom. The number of halogens is 1. The number of hydrogen-bond acceptors (Lipinski definition) is 3. The highest BCUT2D eigenvalue weighted by molar-refractivity contribution is 6.30. The molecule has 0 bridgehead atoms. The highest BCUT2D eigenvalue weighted by Gasteiger charge is 2.20. The maximum absolute atomic E-state index is 11.6. The number of nitrogens with one attached hydrogen (secondary N) is 1. The Morgan fingerprint density at radius 1 is 1.00 bits per heavy atom. The van der Waals surface area contributed by atoms with Gasteiger partial charge in [0, 0.05) is 28.9 Å². The number of hydrogen-bond donors (Lipinski definition) is 1. The van der Waals surface area contributed by atoms with Gasteiger partial charge in [-0.1, -0.05) is 43.0 Å². The van der Waals surface area contributed by atoms with Crippen molar-refractivity contribution in [3.8, 4) is 11.4 Å². The Balaban J connectivity index is 1.04. The quantitative estimate of drug-likeness (QED) is 0.296. The molecule has 1 amide bonds. The lowest BCUT2D eigenvalue weighted by Gasteiger charge is -2.18. The van der Waals surface area contributed by atoms with Crippen LogP contribution in [0.2, 0.25) is 5.02 Å². The van der Waals surface area contributed by atoms with E-state index in [9.17, 15) is 4.79 Å². The van der Waals surface area contributed by atoms with E-state index in [0.717, 1.165) is 60.4 Å². The molecule has 3 aromatic rings. The van der Waals surface area contributed by atoms with Crippen LogP contribution in [-0.2, 0) is 24.1 Å². The van der Waals surface area contributed by atoms with Crippen LogP contribution in [0.15, 0.2) is 48.7 Å². The summed E-state index contributed by atoms with van der Waals surface area (Å²) in [7, 11) is 0. The van der Waals surface area contributed by atoms with Crippen LogP contribution in [0.3, 0.4) is 0 Å². The van der Waals surface area contributed by atoms with E-state index in [2.05, 4.69) is 27.2 Å². The Kier molecular flexibility index (Phi) is 7.19. The smallest absolute Gasteiger partial charge is 0.224 e. The second-order valence-corrected chi connectivity index (χ2v) is 9.95. The third-order valence-corrected chi connectivity index (χ3v) is 7.36. The molecule has 178 valence electrons. The molecular weight excluding hydrogens is 446 g/mol. The van der Waals surface area contributed by atoms with Crippen LogP contribution in [0.4, 0.5) is 5.69 Å². The number of amides is 1. The number of carbonyl (C=O) groups excluding carboxylic acids is 1. The molecule has 2 heterocycles. The van der Waals surface area contributed by atoms with E-state index in [1.54, 1.807) is 0 Å². The largest absolute Gasteiger partial charge is 0.494 e. The maximum Gasteiger partial charge on any atom is 0.224 e. The van der Waals surface area contributed by atoms with E-state index in [0.29, 0.717) is 6.42 Å². The number of benzene rings is 2. The van der Waals surface area contributed by atoms with E-state index in [1.165, 1.54) is 48.9 Å². The minimum Gasteiger partial charge on any atom is -0.494 e. The first-order valence-electron chi connectivity index (χ1n) is 12.5. The zero-order valence-electron chi connectivity index (χ0n) is 19.6. The van der Waals surface area contributed by atoms with Gasteiger partial charge < -0.3 is 10.1 Å². The topological polar surface area (TPSA) is 56.1 Å². The van der Waals surface area contributed by atoms with E-state index < -0.39 is 0 Å². The molecule has 1 aromatic heterocycles. The van der Waals surface area contributed by atoms with Gasteiger partial charge >= 0.3 is 0 Å². The Bertz CT molecular complexity index is 1160. The summed E-state index contributed by atoms with van der Waals surface area (Å²) in [5.41, 5.74) is 5.88. The third-order valence-electron chi connectivity index (χ3n) is 7.12. The number of aryl methyl sites for hydroxylation is 2. The molecular formula is C28H32ClN3O2. The van der Waals surface area contributed by atoms with Crippen molar-refractivity contribution in [2.45, 2.75) is 64.2 Å². The zero-order valence-corrected chi connectivity index (χ0v) is 20.3. The third kappa shape index (κ3) is 5.47. The summed E-state index contributed by atoms with van der Waals surface area (Å²) in [6.07, 6.45) is 12.8. The fraction of sp³-hybridized carbons (Fsp3) is 0.429. The van der Waals surface area contributed by atoms with Gasteiger partial charge in [-0.15, -0.1) is 0 Å². The van der Waals surface area contributed by atoms with E-state index >= 15 is 0 Å². The number of aromatic nitrogens is 2. The lowest BCUT2D eigenvalue weighted by atomic mass is 9.93. The Labute approximate surface area is 206 Å². The zero-order chi connectivity index (χ0) is 23.3. The minimum absolute atomic E-state index is 0.0908. The molecule has 0 saturated carbocycles. The van der Waals surface area contributed by atoms with E-state index in [-0.39, 0.29) is 5.91 Å². The van der Waals surface area contributed by atoms with Gasteiger partial charge in [-0.3, -0.25) is 4.79 Å². The van der Waals surface area contributed by atoms with Gasteiger partial charge in [-0.05, 0) is 79.8 Å². The van der Waals surface area contributed by atoms with Crippen LogP contribution in [-0.4, -0.2) is 22.3 Å². The Morgan fingerprint density at radius 3 is 2.82 bits per heavy atom. The summed E-state index contributed by atoms with van der Waals surface area (Å²) in [4.78, 5) is 11.6. The number of unbranched alkanes of at least 4 members (excludes halogenated alkanes) is 2. The van der Waals surface area contributed by atoms with E-state index in [4.69, 9.17) is 16.3 Å². The molecule has 5 nitrogen and oxygen atoms in total. The predicted octanol–water partition coefficient (Wildman–Crippen LogP) is 6.54. The molecule has 1 N–H and O–H groups in total. The number of carbonyl (C=O) groups is 1. The highest BCUT2D eigenvalue weighted by Crippen LogP contribution is 2.30. The molecule has 0 fully saturated rings. The standard InChI is InChI=1S/C28H32ClN3O2/c29-23-6-4-7-24(17-23)32-27-14-9-20(8-10-22(27)19-30-32)5-2-1-3-16-34-25-13-11-21-12-15-28(33)31-26(21)18-25/h4,6-7,11,13,17-20H,1-3,5,8-10,12,14-16H2,(H,31,33). The molecule has 1 atom stereocenters. The van der Waals surface area contributed by atoms with Crippen LogP contribution >= 0.6 is 11.6 Å². The van der Waals surface area contributed by atoms with Crippen molar-refractivity contribution in [1.82, 2.24) is 9.78 Å². The van der Waals surface area contributed by atoms with Gasteiger partial charge in [0.15, 0.2) is 0 Å². The van der Waals surface area contributed by atoms with Gasteiger partial charge in [0.2, 0.25) is 5.91 Å². The Hall–Kier alpha value is -2.79. The summed E-state index contributed by atoms with van der Waals surface area (Å²) in [6.45, 7) is 0.721. The molecule has 1 unspecified atom stereocenters. The fourth-order valence-electron chi connectivity index (χ4n) is 5.19. The monoisotopic (exact) mass is 477 g/mol. The molecule has 2 aliphatic rings. The number of anilines is 1. The molecule has 6 heteroatoms. The molecule has 1 aliphatic heterocycles.